The van der Waals surface area contributed by atoms with Crippen LogP contribution in [-0.4, -0.2) is 18.0 Å². The number of hydrogen-bond acceptors (Lipinski definition) is 1. The van der Waals surface area contributed by atoms with Gasteiger partial charge in [0, 0.05) is 18.8 Å². The molecule has 0 fully saturated rings. The summed E-state index contributed by atoms with van der Waals surface area (Å²) in [5.74, 6) is 0.798. The molecule has 0 radical (unpaired) electrons. The zero-order valence-corrected chi connectivity index (χ0v) is 12.1. The van der Waals surface area contributed by atoms with Crippen molar-refractivity contribution in [3.05, 3.63) is 36.6 Å². The van der Waals surface area contributed by atoms with Crippen LogP contribution >= 0.6 is 0 Å². The van der Waals surface area contributed by atoms with Gasteiger partial charge in [-0.1, -0.05) is 39.5 Å². The van der Waals surface area contributed by atoms with Gasteiger partial charge in [0.15, 0.2) is 0 Å². The number of rotatable bonds is 9. The summed E-state index contributed by atoms with van der Waals surface area (Å²) in [7, 11) is 0. The van der Waals surface area contributed by atoms with Crippen LogP contribution in [0.5, 0.6) is 0 Å². The molecular formula is C16H29N. The first-order valence-electron chi connectivity index (χ1n) is 6.86. The Morgan fingerprint density at radius 2 is 2.00 bits per heavy atom. The van der Waals surface area contributed by atoms with Gasteiger partial charge in [-0.05, 0) is 44.3 Å². The van der Waals surface area contributed by atoms with E-state index < -0.39 is 0 Å². The summed E-state index contributed by atoms with van der Waals surface area (Å²) in [5.41, 5.74) is 1.29. The van der Waals surface area contributed by atoms with Crippen molar-refractivity contribution in [3.8, 4) is 0 Å². The minimum absolute atomic E-state index is 0.798. The van der Waals surface area contributed by atoms with Crippen molar-refractivity contribution in [1.29, 1.82) is 0 Å². The Kier molecular flexibility index (Phi) is 9.60. The van der Waals surface area contributed by atoms with Gasteiger partial charge >= 0.3 is 0 Å². The molecule has 0 atom stereocenters. The number of hydrogen-bond donors (Lipinski definition) is 0. The molecule has 0 aromatic rings. The van der Waals surface area contributed by atoms with Crippen molar-refractivity contribution in [2.75, 3.05) is 13.1 Å². The van der Waals surface area contributed by atoms with Crippen LogP contribution in [0.2, 0.25) is 0 Å². The summed E-state index contributed by atoms with van der Waals surface area (Å²) >= 11 is 0. The number of nitrogens with zero attached hydrogens (tertiary/aromatic N) is 1. The fourth-order valence-electron chi connectivity index (χ4n) is 1.89. The minimum atomic E-state index is 0.798. The van der Waals surface area contributed by atoms with Gasteiger partial charge < -0.3 is 4.90 Å². The summed E-state index contributed by atoms with van der Waals surface area (Å²) in [6.07, 6.45) is 12.0. The van der Waals surface area contributed by atoms with Crippen LogP contribution in [0.25, 0.3) is 0 Å². The van der Waals surface area contributed by atoms with E-state index >= 15 is 0 Å². The van der Waals surface area contributed by atoms with Crippen LogP contribution < -0.4 is 0 Å². The molecule has 0 aliphatic rings. The highest BCUT2D eigenvalue weighted by Crippen LogP contribution is 2.12. The van der Waals surface area contributed by atoms with Crippen molar-refractivity contribution < 1.29 is 0 Å². The van der Waals surface area contributed by atoms with Crippen LogP contribution in [0.1, 0.15) is 47.0 Å². The second kappa shape index (κ2) is 10.2. The van der Waals surface area contributed by atoms with Crippen molar-refractivity contribution in [1.82, 2.24) is 4.90 Å². The highest BCUT2D eigenvalue weighted by Gasteiger charge is 2.05. The van der Waals surface area contributed by atoms with E-state index in [1.807, 2.05) is 6.08 Å². The summed E-state index contributed by atoms with van der Waals surface area (Å²) in [5, 5.41) is 0. The molecule has 0 amide bonds. The van der Waals surface area contributed by atoms with Gasteiger partial charge in [-0.2, -0.15) is 0 Å². The molecule has 98 valence electrons. The Hall–Kier alpha value is -0.980. The molecule has 0 bridgehead atoms. The molecule has 0 N–H and O–H groups in total. The fourth-order valence-corrected chi connectivity index (χ4v) is 1.89. The molecule has 0 spiro atoms. The van der Waals surface area contributed by atoms with E-state index in [4.69, 9.17) is 0 Å². The van der Waals surface area contributed by atoms with Gasteiger partial charge in [-0.15, -0.1) is 0 Å². The Bertz CT molecular complexity index is 248. The fraction of sp³-hybridized carbons (Fsp3) is 0.625. The molecule has 0 aliphatic carbocycles. The smallest absolute Gasteiger partial charge is 0.0362 e. The van der Waals surface area contributed by atoms with Gasteiger partial charge in [-0.3, -0.25) is 0 Å². The van der Waals surface area contributed by atoms with Crippen molar-refractivity contribution in [3.63, 3.8) is 0 Å². The molecule has 0 saturated carbocycles. The topological polar surface area (TPSA) is 3.24 Å². The Balaban J connectivity index is 4.45. The normalized spacial score (nSPS) is 12.4. The molecule has 1 heteroatoms. The Morgan fingerprint density at radius 1 is 1.29 bits per heavy atom. The molecule has 0 saturated heterocycles. The highest BCUT2D eigenvalue weighted by atomic mass is 15.1. The summed E-state index contributed by atoms with van der Waals surface area (Å²) in [6, 6.07) is 0. The van der Waals surface area contributed by atoms with Crippen LogP contribution in [0, 0.1) is 5.92 Å². The summed E-state index contributed by atoms with van der Waals surface area (Å²) in [6.45, 7) is 14.9. The van der Waals surface area contributed by atoms with Crippen LogP contribution in [0.3, 0.4) is 0 Å². The van der Waals surface area contributed by atoms with Crippen molar-refractivity contribution in [2.24, 2.45) is 5.92 Å². The molecule has 0 heterocycles. The second-order valence-electron chi connectivity index (χ2n) is 4.85. The molecule has 17 heavy (non-hydrogen) atoms. The largest absolute Gasteiger partial charge is 0.372 e. The lowest BCUT2D eigenvalue weighted by Gasteiger charge is -2.25. The highest BCUT2D eigenvalue weighted by molar-refractivity contribution is 5.21. The zero-order valence-electron chi connectivity index (χ0n) is 12.1. The summed E-state index contributed by atoms with van der Waals surface area (Å²) < 4.78 is 0. The maximum Gasteiger partial charge on any atom is 0.0362 e. The van der Waals surface area contributed by atoms with E-state index in [1.165, 1.54) is 25.0 Å². The first-order chi connectivity index (χ1) is 8.15. The SMILES string of the molecule is C=C/C=C(\C=C/C)N(CCC)CCCC(C)C. The maximum atomic E-state index is 3.80. The van der Waals surface area contributed by atoms with Crippen LogP contribution in [-0.2, 0) is 0 Å². The molecule has 0 aromatic carbocycles. The first kappa shape index (κ1) is 16.0. The third-order valence-electron chi connectivity index (χ3n) is 2.69. The van der Waals surface area contributed by atoms with E-state index in [9.17, 15) is 0 Å². The average Bonchev–Trinajstić information content (AvgIpc) is 2.27. The van der Waals surface area contributed by atoms with E-state index in [0.29, 0.717) is 0 Å². The maximum absolute atomic E-state index is 3.80. The van der Waals surface area contributed by atoms with Crippen LogP contribution in [0.15, 0.2) is 36.6 Å². The van der Waals surface area contributed by atoms with Crippen LogP contribution in [0.4, 0.5) is 0 Å². The van der Waals surface area contributed by atoms with Crippen molar-refractivity contribution >= 4 is 0 Å². The van der Waals surface area contributed by atoms with E-state index in [2.05, 4.69) is 57.4 Å². The molecular weight excluding hydrogens is 206 g/mol. The van der Waals surface area contributed by atoms with E-state index in [0.717, 1.165) is 19.0 Å². The predicted molar refractivity (Wildman–Crippen MR) is 79.0 cm³/mol. The third kappa shape index (κ3) is 7.84. The van der Waals surface area contributed by atoms with Gasteiger partial charge in [0.25, 0.3) is 0 Å². The minimum Gasteiger partial charge on any atom is -0.372 e. The lowest BCUT2D eigenvalue weighted by Crippen LogP contribution is -2.24. The van der Waals surface area contributed by atoms with Gasteiger partial charge in [0.2, 0.25) is 0 Å². The third-order valence-corrected chi connectivity index (χ3v) is 2.69. The lowest BCUT2D eigenvalue weighted by atomic mass is 10.1. The standard InChI is InChI=1S/C16H29N/c1-6-10-16(11-7-2)17(13-8-3)14-9-12-15(4)5/h6-7,10-11,15H,1,8-9,12-14H2,2-5H3/b11-7-,16-10+. The predicted octanol–water partition coefficient (Wildman–Crippen LogP) is 4.78. The molecule has 0 aromatic heterocycles. The number of allylic oxidation sites excluding steroid dienone is 4. The summed E-state index contributed by atoms with van der Waals surface area (Å²) in [4.78, 5) is 2.46. The monoisotopic (exact) mass is 235 g/mol. The molecule has 1 nitrogen and oxygen atoms in total. The average molecular weight is 235 g/mol. The molecule has 0 aliphatic heterocycles. The van der Waals surface area contributed by atoms with E-state index in [1.54, 1.807) is 0 Å². The molecule has 0 unspecified atom stereocenters. The quantitative estimate of drug-likeness (QED) is 0.520. The molecule has 0 rings (SSSR count). The lowest BCUT2D eigenvalue weighted by molar-refractivity contribution is 0.335. The van der Waals surface area contributed by atoms with E-state index in [-0.39, 0.29) is 0 Å². The second-order valence-corrected chi connectivity index (χ2v) is 4.85. The Labute approximate surface area is 108 Å². The van der Waals surface area contributed by atoms with Gasteiger partial charge in [0.05, 0.1) is 0 Å². The van der Waals surface area contributed by atoms with Crippen molar-refractivity contribution in [2.45, 2.75) is 47.0 Å². The Morgan fingerprint density at radius 3 is 2.47 bits per heavy atom. The first-order valence-corrected chi connectivity index (χ1v) is 6.86. The van der Waals surface area contributed by atoms with Gasteiger partial charge in [0.1, 0.15) is 0 Å². The zero-order chi connectivity index (χ0) is 13.1. The van der Waals surface area contributed by atoms with Gasteiger partial charge in [-0.25, -0.2) is 0 Å².